The Balaban J connectivity index is 2.51. The molecule has 1 aliphatic carbocycles. The predicted molar refractivity (Wildman–Crippen MR) is 57.0 cm³/mol. The van der Waals surface area contributed by atoms with Crippen molar-refractivity contribution in [2.75, 3.05) is 6.61 Å². The van der Waals surface area contributed by atoms with E-state index in [0.717, 1.165) is 19.3 Å². The van der Waals surface area contributed by atoms with Crippen molar-refractivity contribution in [1.29, 1.82) is 0 Å². The molecule has 2 atom stereocenters. The maximum absolute atomic E-state index is 11.7. The molecule has 1 fully saturated rings. The number of carbonyl (C=O) groups excluding carboxylic acids is 1. The van der Waals surface area contributed by atoms with Crippen molar-refractivity contribution < 1.29 is 9.90 Å². The van der Waals surface area contributed by atoms with E-state index in [2.05, 4.69) is 6.92 Å². The van der Waals surface area contributed by atoms with Gasteiger partial charge in [0.15, 0.2) is 0 Å². The van der Waals surface area contributed by atoms with Crippen LogP contribution in [0.4, 0.5) is 0 Å². The van der Waals surface area contributed by atoms with Crippen LogP contribution < -0.4 is 0 Å². The Kier molecular flexibility index (Phi) is 4.88. The Morgan fingerprint density at radius 1 is 1.43 bits per heavy atom. The van der Waals surface area contributed by atoms with Gasteiger partial charge in [-0.3, -0.25) is 4.79 Å². The van der Waals surface area contributed by atoms with Crippen LogP contribution in [0, 0.1) is 11.8 Å². The first-order valence-corrected chi connectivity index (χ1v) is 5.54. The Morgan fingerprint density at radius 2 is 2.21 bits per heavy atom. The monoisotopic (exact) mass is 196 g/mol. The van der Waals surface area contributed by atoms with Crippen molar-refractivity contribution in [1.82, 2.24) is 0 Å². The molecule has 1 N–H and O–H groups in total. The van der Waals surface area contributed by atoms with Crippen molar-refractivity contribution in [3.8, 4) is 0 Å². The topological polar surface area (TPSA) is 37.3 Å². The highest BCUT2D eigenvalue weighted by Gasteiger charge is 2.25. The first kappa shape index (κ1) is 11.4. The number of aliphatic hydroxyl groups excluding tert-OH is 1. The van der Waals surface area contributed by atoms with Gasteiger partial charge in [0.25, 0.3) is 0 Å². The third-order valence-electron chi connectivity index (χ3n) is 3.10. The highest BCUT2D eigenvalue weighted by atomic mass is 16.2. The minimum absolute atomic E-state index is 0.0787. The van der Waals surface area contributed by atoms with Crippen LogP contribution in [-0.2, 0) is 4.79 Å². The van der Waals surface area contributed by atoms with Gasteiger partial charge in [-0.15, -0.1) is 0 Å². The second-order valence-corrected chi connectivity index (χ2v) is 4.19. The van der Waals surface area contributed by atoms with Gasteiger partial charge < -0.3 is 5.11 Å². The van der Waals surface area contributed by atoms with Gasteiger partial charge in [0.2, 0.25) is 0 Å². The standard InChI is InChI=1S/C12H20O2/c1-10-6-2-3-8-12(14)11(10)7-4-5-9-13/h4-5,10-11,13H,2-3,6-9H2,1H3/b5-4+/t10-,11-/m1/s1. The van der Waals surface area contributed by atoms with Crippen LogP contribution in [0.2, 0.25) is 0 Å². The van der Waals surface area contributed by atoms with Crippen LogP contribution >= 0.6 is 0 Å². The summed E-state index contributed by atoms with van der Waals surface area (Å²) in [5.74, 6) is 1.12. The normalized spacial score (nSPS) is 29.4. The minimum atomic E-state index is 0.0787. The summed E-state index contributed by atoms with van der Waals surface area (Å²) in [5.41, 5.74) is 0. The van der Waals surface area contributed by atoms with Crippen molar-refractivity contribution in [2.45, 2.75) is 39.0 Å². The first-order chi connectivity index (χ1) is 6.75. The Labute approximate surface area is 86.0 Å². The van der Waals surface area contributed by atoms with Gasteiger partial charge in [0, 0.05) is 12.3 Å². The molecule has 2 nitrogen and oxygen atoms in total. The molecule has 0 aromatic rings. The van der Waals surface area contributed by atoms with Gasteiger partial charge in [-0.1, -0.05) is 25.5 Å². The molecule has 0 unspecified atom stereocenters. The maximum atomic E-state index is 11.7. The number of rotatable bonds is 3. The molecule has 2 heteroatoms. The lowest BCUT2D eigenvalue weighted by molar-refractivity contribution is -0.123. The lowest BCUT2D eigenvalue weighted by Gasteiger charge is -2.18. The number of hydrogen-bond acceptors (Lipinski definition) is 2. The fourth-order valence-corrected chi connectivity index (χ4v) is 2.15. The number of Topliss-reactive ketones (excluding diaryl/α,β-unsaturated/α-hetero) is 1. The van der Waals surface area contributed by atoms with Gasteiger partial charge in [-0.25, -0.2) is 0 Å². The molecular formula is C12H20O2. The molecule has 0 amide bonds. The highest BCUT2D eigenvalue weighted by molar-refractivity contribution is 5.81. The zero-order valence-corrected chi connectivity index (χ0v) is 8.91. The zero-order chi connectivity index (χ0) is 10.4. The summed E-state index contributed by atoms with van der Waals surface area (Å²) in [5, 5.41) is 8.61. The second kappa shape index (κ2) is 5.97. The van der Waals surface area contributed by atoms with Gasteiger partial charge >= 0.3 is 0 Å². The molecule has 1 saturated carbocycles. The Hall–Kier alpha value is -0.630. The molecule has 1 rings (SSSR count). The van der Waals surface area contributed by atoms with Crippen LogP contribution in [0.3, 0.4) is 0 Å². The third kappa shape index (κ3) is 3.26. The average Bonchev–Trinajstić information content (AvgIpc) is 2.32. The smallest absolute Gasteiger partial charge is 0.136 e. The fraction of sp³-hybridized carbons (Fsp3) is 0.750. The van der Waals surface area contributed by atoms with E-state index < -0.39 is 0 Å². The van der Waals surface area contributed by atoms with Crippen LogP contribution in [0.1, 0.15) is 39.0 Å². The maximum Gasteiger partial charge on any atom is 0.136 e. The van der Waals surface area contributed by atoms with E-state index in [9.17, 15) is 4.79 Å². The van der Waals surface area contributed by atoms with Crippen molar-refractivity contribution in [3.63, 3.8) is 0 Å². The van der Waals surface area contributed by atoms with E-state index in [1.165, 1.54) is 12.8 Å². The number of carbonyl (C=O) groups is 1. The van der Waals surface area contributed by atoms with Crippen molar-refractivity contribution in [3.05, 3.63) is 12.2 Å². The van der Waals surface area contributed by atoms with Gasteiger partial charge in [0.05, 0.1) is 6.61 Å². The van der Waals surface area contributed by atoms with Crippen LogP contribution in [0.5, 0.6) is 0 Å². The Morgan fingerprint density at radius 3 is 2.93 bits per heavy atom. The van der Waals surface area contributed by atoms with E-state index in [-0.39, 0.29) is 12.5 Å². The van der Waals surface area contributed by atoms with Crippen molar-refractivity contribution in [2.24, 2.45) is 11.8 Å². The quantitative estimate of drug-likeness (QED) is 0.555. The molecule has 0 aliphatic heterocycles. The third-order valence-corrected chi connectivity index (χ3v) is 3.10. The molecule has 80 valence electrons. The summed E-state index contributed by atoms with van der Waals surface area (Å²) in [6, 6.07) is 0. The molecule has 0 radical (unpaired) electrons. The minimum Gasteiger partial charge on any atom is -0.392 e. The van der Waals surface area contributed by atoms with E-state index in [0.29, 0.717) is 11.7 Å². The lowest BCUT2D eigenvalue weighted by Crippen LogP contribution is -2.19. The van der Waals surface area contributed by atoms with Crippen LogP contribution in [0.15, 0.2) is 12.2 Å². The summed E-state index contributed by atoms with van der Waals surface area (Å²) in [4.78, 5) is 11.7. The fourth-order valence-electron chi connectivity index (χ4n) is 2.15. The van der Waals surface area contributed by atoms with E-state index in [1.807, 2.05) is 6.08 Å². The number of ketones is 1. The predicted octanol–water partition coefficient (Wildman–Crippen LogP) is 2.32. The molecule has 0 bridgehead atoms. The molecular weight excluding hydrogens is 176 g/mol. The molecule has 1 aliphatic rings. The summed E-state index contributed by atoms with van der Waals surface area (Å²) in [6.45, 7) is 2.25. The largest absolute Gasteiger partial charge is 0.392 e. The molecule has 14 heavy (non-hydrogen) atoms. The summed E-state index contributed by atoms with van der Waals surface area (Å²) < 4.78 is 0. The molecule has 0 heterocycles. The van der Waals surface area contributed by atoms with Crippen LogP contribution in [0.25, 0.3) is 0 Å². The van der Waals surface area contributed by atoms with Gasteiger partial charge in [-0.2, -0.15) is 0 Å². The van der Waals surface area contributed by atoms with E-state index in [1.54, 1.807) is 6.08 Å². The molecule has 0 saturated heterocycles. The number of aliphatic hydroxyl groups is 1. The second-order valence-electron chi connectivity index (χ2n) is 4.19. The number of allylic oxidation sites excluding steroid dienone is 1. The van der Waals surface area contributed by atoms with E-state index in [4.69, 9.17) is 5.11 Å². The summed E-state index contributed by atoms with van der Waals surface area (Å²) in [7, 11) is 0. The molecule has 0 aromatic heterocycles. The first-order valence-electron chi connectivity index (χ1n) is 5.54. The van der Waals surface area contributed by atoms with Gasteiger partial charge in [0.1, 0.15) is 5.78 Å². The lowest BCUT2D eigenvalue weighted by atomic mass is 9.86. The molecule has 0 aromatic carbocycles. The SMILES string of the molecule is C[C@@H]1CCCCC(=O)[C@@H]1C/C=C/CO. The van der Waals surface area contributed by atoms with Crippen molar-refractivity contribution >= 4 is 5.78 Å². The highest BCUT2D eigenvalue weighted by Crippen LogP contribution is 2.28. The van der Waals surface area contributed by atoms with Crippen LogP contribution in [-0.4, -0.2) is 17.5 Å². The van der Waals surface area contributed by atoms with Gasteiger partial charge in [-0.05, 0) is 25.2 Å². The number of hydrogen-bond donors (Lipinski definition) is 1. The Bertz CT molecular complexity index is 208. The average molecular weight is 196 g/mol. The zero-order valence-electron chi connectivity index (χ0n) is 8.91. The summed E-state index contributed by atoms with van der Waals surface area (Å²) >= 11 is 0. The van der Waals surface area contributed by atoms with E-state index >= 15 is 0 Å². The molecule has 0 spiro atoms. The summed E-state index contributed by atoms with van der Waals surface area (Å²) in [6.07, 6.45) is 8.64.